The molecule has 2 atom stereocenters. The maximum Gasteiger partial charge on any atom is 0.263 e. The summed E-state index contributed by atoms with van der Waals surface area (Å²) in [4.78, 5) is 26.6. The van der Waals surface area contributed by atoms with Gasteiger partial charge in [0, 0.05) is 0 Å². The van der Waals surface area contributed by atoms with Crippen molar-refractivity contribution in [1.82, 2.24) is 5.01 Å². The normalized spacial score (nSPS) is 22.0. The molecule has 0 aliphatic carbocycles. The van der Waals surface area contributed by atoms with E-state index in [-0.39, 0.29) is 24.2 Å². The zero-order valence-corrected chi connectivity index (χ0v) is 13.5. The van der Waals surface area contributed by atoms with E-state index in [4.69, 9.17) is 0 Å². The summed E-state index contributed by atoms with van der Waals surface area (Å²) in [6.45, 7) is 2.14. The number of benzene rings is 2. The SMILES string of the molecule is Cc1ccc(N2C(=O)[C@H]3N=NN(Cc4cccc(F)c4)[C@H]3C2=O)cc1. The van der Waals surface area contributed by atoms with Crippen LogP contribution in [0.5, 0.6) is 0 Å². The van der Waals surface area contributed by atoms with E-state index in [2.05, 4.69) is 10.3 Å². The van der Waals surface area contributed by atoms with Crippen LogP contribution in [0, 0.1) is 12.7 Å². The number of halogens is 1. The van der Waals surface area contributed by atoms with Crippen molar-refractivity contribution in [2.45, 2.75) is 25.6 Å². The van der Waals surface area contributed by atoms with Crippen molar-refractivity contribution in [2.24, 2.45) is 10.3 Å². The van der Waals surface area contributed by atoms with Gasteiger partial charge in [-0.15, -0.1) is 0 Å². The molecule has 7 heteroatoms. The van der Waals surface area contributed by atoms with Crippen molar-refractivity contribution in [1.29, 1.82) is 0 Å². The second-order valence-corrected chi connectivity index (χ2v) is 6.17. The average Bonchev–Trinajstić information content (AvgIpc) is 3.10. The standard InChI is InChI=1S/C18H15FN4O2/c1-11-5-7-14(8-6-11)23-17(24)15-16(18(23)25)22(21-20-15)10-12-3-2-4-13(19)9-12/h2-9,15-16H,10H2,1H3/t15-,16+/m0/s1. The lowest BCUT2D eigenvalue weighted by Crippen LogP contribution is -2.39. The highest BCUT2D eigenvalue weighted by molar-refractivity contribution is 6.25. The number of carbonyl (C=O) groups is 2. The van der Waals surface area contributed by atoms with E-state index in [1.807, 2.05) is 19.1 Å². The largest absolute Gasteiger partial charge is 0.271 e. The Morgan fingerprint density at radius 1 is 1.08 bits per heavy atom. The van der Waals surface area contributed by atoms with Crippen LogP contribution < -0.4 is 4.90 Å². The second-order valence-electron chi connectivity index (χ2n) is 6.17. The van der Waals surface area contributed by atoms with Gasteiger partial charge in [0.15, 0.2) is 12.1 Å². The van der Waals surface area contributed by atoms with E-state index in [0.29, 0.717) is 11.3 Å². The third-order valence-corrected chi connectivity index (χ3v) is 4.38. The predicted octanol–water partition coefficient (Wildman–Crippen LogP) is 2.63. The Morgan fingerprint density at radius 3 is 2.56 bits per heavy atom. The van der Waals surface area contributed by atoms with Crippen molar-refractivity contribution >= 4 is 17.5 Å². The van der Waals surface area contributed by atoms with Crippen LogP contribution in [0.1, 0.15) is 11.1 Å². The van der Waals surface area contributed by atoms with Gasteiger partial charge < -0.3 is 0 Å². The number of carbonyl (C=O) groups excluding carboxylic acids is 2. The van der Waals surface area contributed by atoms with Crippen molar-refractivity contribution in [3.8, 4) is 0 Å². The Morgan fingerprint density at radius 2 is 1.84 bits per heavy atom. The van der Waals surface area contributed by atoms with Crippen molar-refractivity contribution in [2.75, 3.05) is 4.90 Å². The minimum atomic E-state index is -0.845. The smallest absolute Gasteiger partial charge is 0.263 e. The molecule has 0 N–H and O–H groups in total. The Kier molecular flexibility index (Phi) is 3.56. The molecule has 0 aromatic heterocycles. The van der Waals surface area contributed by atoms with E-state index in [1.165, 1.54) is 17.1 Å². The van der Waals surface area contributed by atoms with E-state index >= 15 is 0 Å². The summed E-state index contributed by atoms with van der Waals surface area (Å²) in [5.74, 6) is -1.11. The first-order chi connectivity index (χ1) is 12.0. The molecule has 6 nitrogen and oxygen atoms in total. The van der Waals surface area contributed by atoms with Crippen molar-refractivity contribution in [3.63, 3.8) is 0 Å². The molecule has 0 bridgehead atoms. The fraction of sp³-hybridized carbons (Fsp3) is 0.222. The summed E-state index contributed by atoms with van der Waals surface area (Å²) in [5.41, 5.74) is 2.22. The molecule has 2 amide bonds. The maximum absolute atomic E-state index is 13.4. The number of fused-ring (bicyclic) bond motifs is 1. The Hall–Kier alpha value is -3.09. The highest BCUT2D eigenvalue weighted by atomic mass is 19.1. The third-order valence-electron chi connectivity index (χ3n) is 4.38. The van der Waals surface area contributed by atoms with E-state index in [9.17, 15) is 14.0 Å². The zero-order valence-electron chi connectivity index (χ0n) is 13.5. The first kappa shape index (κ1) is 15.4. The summed E-state index contributed by atoms with van der Waals surface area (Å²) >= 11 is 0. The fourth-order valence-electron chi connectivity index (χ4n) is 3.12. The van der Waals surface area contributed by atoms with Gasteiger partial charge in [0.05, 0.1) is 12.2 Å². The molecule has 1 fully saturated rings. The zero-order chi connectivity index (χ0) is 17.6. The van der Waals surface area contributed by atoms with Crippen LogP contribution in [0.3, 0.4) is 0 Å². The number of anilines is 1. The van der Waals surface area contributed by atoms with Crippen LogP contribution in [0.4, 0.5) is 10.1 Å². The van der Waals surface area contributed by atoms with Crippen LogP contribution in [0.2, 0.25) is 0 Å². The highest BCUT2D eigenvalue weighted by Gasteiger charge is 2.54. The van der Waals surface area contributed by atoms with E-state index < -0.39 is 12.1 Å². The van der Waals surface area contributed by atoms with Crippen LogP contribution in [0.15, 0.2) is 58.9 Å². The maximum atomic E-state index is 13.4. The summed E-state index contributed by atoms with van der Waals surface area (Å²) < 4.78 is 13.4. The number of aryl methyl sites for hydroxylation is 1. The minimum absolute atomic E-state index is 0.211. The van der Waals surface area contributed by atoms with Crippen LogP contribution >= 0.6 is 0 Å². The van der Waals surface area contributed by atoms with E-state index in [1.54, 1.807) is 24.3 Å². The van der Waals surface area contributed by atoms with Gasteiger partial charge in [-0.3, -0.25) is 14.6 Å². The van der Waals surface area contributed by atoms with Gasteiger partial charge >= 0.3 is 0 Å². The number of hydrogen-bond donors (Lipinski definition) is 0. The molecule has 2 aliphatic rings. The Labute approximate surface area is 143 Å². The molecule has 0 spiro atoms. The van der Waals surface area contributed by atoms with Gasteiger partial charge in [0.25, 0.3) is 11.8 Å². The van der Waals surface area contributed by atoms with Gasteiger partial charge in [-0.1, -0.05) is 35.1 Å². The lowest BCUT2D eigenvalue weighted by atomic mass is 10.1. The minimum Gasteiger partial charge on any atom is -0.271 e. The van der Waals surface area contributed by atoms with Crippen LogP contribution in [0.25, 0.3) is 0 Å². The summed E-state index contributed by atoms with van der Waals surface area (Å²) in [7, 11) is 0. The first-order valence-corrected chi connectivity index (χ1v) is 7.91. The lowest BCUT2D eigenvalue weighted by molar-refractivity contribution is -0.123. The van der Waals surface area contributed by atoms with Crippen LogP contribution in [-0.2, 0) is 16.1 Å². The molecule has 0 radical (unpaired) electrons. The summed E-state index contributed by atoms with van der Waals surface area (Å²) in [5, 5.41) is 9.38. The molecule has 2 aliphatic heterocycles. The van der Waals surface area contributed by atoms with Crippen molar-refractivity contribution in [3.05, 3.63) is 65.5 Å². The molecule has 2 aromatic carbocycles. The molecular weight excluding hydrogens is 323 g/mol. The van der Waals surface area contributed by atoms with Gasteiger partial charge in [-0.05, 0) is 36.8 Å². The lowest BCUT2D eigenvalue weighted by Gasteiger charge is -2.20. The Balaban J connectivity index is 1.60. The molecule has 0 saturated carbocycles. The molecule has 2 aromatic rings. The van der Waals surface area contributed by atoms with Crippen molar-refractivity contribution < 1.29 is 14.0 Å². The highest BCUT2D eigenvalue weighted by Crippen LogP contribution is 2.32. The second kappa shape index (κ2) is 5.77. The number of amides is 2. The quantitative estimate of drug-likeness (QED) is 0.808. The topological polar surface area (TPSA) is 65.3 Å². The molecule has 25 heavy (non-hydrogen) atoms. The van der Waals surface area contributed by atoms with Gasteiger partial charge in [0.2, 0.25) is 0 Å². The molecule has 4 rings (SSSR count). The summed E-state index contributed by atoms with van der Waals surface area (Å²) in [6.07, 6.45) is 0. The monoisotopic (exact) mass is 338 g/mol. The molecule has 2 heterocycles. The number of nitrogens with zero attached hydrogens (tertiary/aromatic N) is 4. The fourth-order valence-corrected chi connectivity index (χ4v) is 3.12. The average molecular weight is 338 g/mol. The van der Waals surface area contributed by atoms with Gasteiger partial charge in [0.1, 0.15) is 5.82 Å². The Bertz CT molecular complexity index is 881. The third kappa shape index (κ3) is 2.57. The van der Waals surface area contributed by atoms with Gasteiger partial charge in [-0.2, -0.15) is 5.11 Å². The molecule has 126 valence electrons. The van der Waals surface area contributed by atoms with Gasteiger partial charge in [-0.25, -0.2) is 9.29 Å². The molecular formula is C18H15FN4O2. The number of rotatable bonds is 3. The first-order valence-electron chi connectivity index (χ1n) is 7.91. The van der Waals surface area contributed by atoms with E-state index in [0.717, 1.165) is 10.5 Å². The number of imide groups is 1. The number of hydrogen-bond acceptors (Lipinski definition) is 5. The summed E-state index contributed by atoms with van der Waals surface area (Å²) in [6, 6.07) is 11.6. The van der Waals surface area contributed by atoms with Crippen LogP contribution in [-0.4, -0.2) is 28.9 Å². The molecule has 1 saturated heterocycles. The predicted molar refractivity (Wildman–Crippen MR) is 88.0 cm³/mol. The molecule has 0 unspecified atom stereocenters.